The third kappa shape index (κ3) is 4.04. The summed E-state index contributed by atoms with van der Waals surface area (Å²) >= 11 is 0. The topological polar surface area (TPSA) is 107 Å². The lowest BCUT2D eigenvalue weighted by Gasteiger charge is -2.26. The predicted molar refractivity (Wildman–Crippen MR) is 72.5 cm³/mol. The minimum absolute atomic E-state index is 0.448. The molecule has 0 aromatic heterocycles. The summed E-state index contributed by atoms with van der Waals surface area (Å²) in [4.78, 5) is 35.8. The Labute approximate surface area is 122 Å². The highest BCUT2D eigenvalue weighted by Gasteiger charge is 2.45. The van der Waals surface area contributed by atoms with Crippen LogP contribution in [0.1, 0.15) is 0 Å². The van der Waals surface area contributed by atoms with Crippen molar-refractivity contribution in [2.24, 2.45) is 5.92 Å². The zero-order valence-corrected chi connectivity index (χ0v) is 13.6. The molecule has 0 aromatic rings. The molecule has 0 N–H and O–H groups in total. The van der Waals surface area contributed by atoms with Gasteiger partial charge in [0, 0.05) is 21.3 Å². The van der Waals surface area contributed by atoms with Crippen LogP contribution < -0.4 is 0 Å². The van der Waals surface area contributed by atoms with Crippen LogP contribution in [0.25, 0.3) is 0 Å². The number of ether oxygens (including phenoxy) is 3. The van der Waals surface area contributed by atoms with Crippen LogP contribution in [0.3, 0.4) is 0 Å². The smallest absolute Gasteiger partial charge is 0.342 e. The number of hydrogen-bond donors (Lipinski definition) is 0. The van der Waals surface area contributed by atoms with Crippen LogP contribution in [0.2, 0.25) is 0 Å². The van der Waals surface area contributed by atoms with Gasteiger partial charge in [-0.05, 0) is 0 Å². The molecular formula is C11H19O9P. The van der Waals surface area contributed by atoms with Crippen LogP contribution in [0.4, 0.5) is 0 Å². The predicted octanol–water partition coefficient (Wildman–Crippen LogP) is -0.00420. The van der Waals surface area contributed by atoms with E-state index < -0.39 is 36.7 Å². The Hall–Kier alpha value is -1.41. The summed E-state index contributed by atoms with van der Waals surface area (Å²) in [6.07, 6.45) is 0. The van der Waals surface area contributed by atoms with Crippen molar-refractivity contribution in [3.63, 3.8) is 0 Å². The zero-order valence-electron chi connectivity index (χ0n) is 12.7. The Bertz CT molecular complexity index is 422. The van der Waals surface area contributed by atoms with Crippen molar-refractivity contribution in [3.05, 3.63) is 0 Å². The fourth-order valence-corrected chi connectivity index (χ4v) is 3.45. The second-order valence-electron chi connectivity index (χ2n) is 3.40. The molecule has 0 bridgehead atoms. The molecule has 0 atom stereocenters. The number of hydrogen-bond acceptors (Lipinski definition) is 9. The molecule has 0 saturated carbocycles. The molecule has 0 rings (SSSR count). The minimum Gasteiger partial charge on any atom is -0.468 e. The first kappa shape index (κ1) is 19.6. The van der Waals surface area contributed by atoms with Crippen LogP contribution in [0.15, 0.2) is 0 Å². The monoisotopic (exact) mass is 326 g/mol. The minimum atomic E-state index is -3.47. The van der Waals surface area contributed by atoms with Gasteiger partial charge in [0.05, 0.1) is 21.3 Å². The fourth-order valence-electron chi connectivity index (χ4n) is 1.57. The summed E-state index contributed by atoms with van der Waals surface area (Å²) in [6, 6.07) is 0. The molecule has 0 aromatic carbocycles. The highest BCUT2D eigenvalue weighted by Crippen LogP contribution is 2.52. The van der Waals surface area contributed by atoms with Gasteiger partial charge in [-0.3, -0.25) is 9.59 Å². The Balaban J connectivity index is 6.48. The van der Waals surface area contributed by atoms with Gasteiger partial charge in [0.1, 0.15) is 5.29 Å². The summed E-state index contributed by atoms with van der Waals surface area (Å²) in [5, 5.41) is -0.448. The average molecular weight is 326 g/mol. The SMILES string of the molecule is COC(=O)C(C(C(=O)OC)C(=O)OC)=P(OC)(OC)OC. The van der Waals surface area contributed by atoms with E-state index in [0.29, 0.717) is 0 Å². The van der Waals surface area contributed by atoms with Gasteiger partial charge in [0.2, 0.25) is 0 Å². The van der Waals surface area contributed by atoms with Crippen LogP contribution in [-0.2, 0) is 42.2 Å². The van der Waals surface area contributed by atoms with Crippen molar-refractivity contribution < 1.29 is 42.2 Å². The summed E-state index contributed by atoms with van der Waals surface area (Å²) in [5.74, 6) is -4.79. The van der Waals surface area contributed by atoms with Crippen molar-refractivity contribution in [1.82, 2.24) is 0 Å². The van der Waals surface area contributed by atoms with Gasteiger partial charge in [-0.15, -0.1) is 0 Å². The summed E-state index contributed by atoms with van der Waals surface area (Å²) < 4.78 is 28.9. The van der Waals surface area contributed by atoms with E-state index in [2.05, 4.69) is 14.2 Å². The molecule has 0 aliphatic carbocycles. The van der Waals surface area contributed by atoms with Crippen molar-refractivity contribution >= 4 is 30.8 Å². The van der Waals surface area contributed by atoms with Gasteiger partial charge < -0.3 is 27.8 Å². The summed E-state index contributed by atoms with van der Waals surface area (Å²) in [6.45, 7) is 0. The first-order valence-corrected chi connectivity index (χ1v) is 7.10. The average Bonchev–Trinajstić information content (AvgIpc) is 2.53. The number of rotatable bonds is 7. The molecule has 0 saturated heterocycles. The Kier molecular flexibility index (Phi) is 8.19. The molecule has 0 unspecified atom stereocenters. The van der Waals surface area contributed by atoms with E-state index >= 15 is 0 Å². The third-order valence-electron chi connectivity index (χ3n) is 2.56. The standard InChI is InChI=1S/C11H19O9P/c1-15-9(12)7(10(13)16-2)8(11(14)17-3)21(18-4,19-5)20-6/h7H,1-6H3. The highest BCUT2D eigenvalue weighted by atomic mass is 31.2. The Morgan fingerprint density at radius 3 is 1.33 bits per heavy atom. The molecule has 9 nitrogen and oxygen atoms in total. The molecule has 0 aliphatic heterocycles. The van der Waals surface area contributed by atoms with Crippen molar-refractivity contribution in [1.29, 1.82) is 0 Å². The van der Waals surface area contributed by atoms with Crippen molar-refractivity contribution in [3.8, 4) is 0 Å². The fraction of sp³-hybridized carbons (Fsp3) is 0.636. The molecule has 21 heavy (non-hydrogen) atoms. The lowest BCUT2D eigenvalue weighted by Crippen LogP contribution is -2.39. The van der Waals surface area contributed by atoms with E-state index in [0.717, 1.165) is 21.3 Å². The first-order valence-electron chi connectivity index (χ1n) is 5.56. The van der Waals surface area contributed by atoms with Gasteiger partial charge >= 0.3 is 17.9 Å². The molecule has 0 radical (unpaired) electrons. The Morgan fingerprint density at radius 2 is 1.10 bits per heavy atom. The van der Waals surface area contributed by atoms with E-state index in [1.54, 1.807) is 0 Å². The van der Waals surface area contributed by atoms with Gasteiger partial charge in [-0.25, -0.2) is 4.79 Å². The first-order chi connectivity index (χ1) is 9.88. The van der Waals surface area contributed by atoms with E-state index in [-0.39, 0.29) is 0 Å². The second kappa shape index (κ2) is 8.78. The Morgan fingerprint density at radius 1 is 0.714 bits per heavy atom. The van der Waals surface area contributed by atoms with E-state index in [1.165, 1.54) is 21.3 Å². The second-order valence-corrected chi connectivity index (χ2v) is 5.97. The zero-order chi connectivity index (χ0) is 16.6. The molecule has 0 amide bonds. The molecule has 122 valence electrons. The lowest BCUT2D eigenvalue weighted by molar-refractivity contribution is -0.156. The lowest BCUT2D eigenvalue weighted by atomic mass is 10.1. The molecule has 0 aliphatic rings. The van der Waals surface area contributed by atoms with Gasteiger partial charge in [0.25, 0.3) is 7.57 Å². The van der Waals surface area contributed by atoms with Gasteiger partial charge in [-0.2, -0.15) is 0 Å². The van der Waals surface area contributed by atoms with Crippen LogP contribution in [-0.4, -0.2) is 65.9 Å². The van der Waals surface area contributed by atoms with E-state index in [9.17, 15) is 14.4 Å². The quantitative estimate of drug-likeness (QED) is 0.276. The molecule has 0 heterocycles. The van der Waals surface area contributed by atoms with Crippen molar-refractivity contribution in [2.45, 2.75) is 0 Å². The molecule has 0 spiro atoms. The highest BCUT2D eigenvalue weighted by molar-refractivity contribution is 7.64. The molecular weight excluding hydrogens is 307 g/mol. The van der Waals surface area contributed by atoms with Crippen LogP contribution in [0, 0.1) is 5.92 Å². The van der Waals surface area contributed by atoms with Crippen LogP contribution in [0.5, 0.6) is 0 Å². The largest absolute Gasteiger partial charge is 0.468 e. The summed E-state index contributed by atoms with van der Waals surface area (Å²) in [7, 11) is 3.32. The summed E-state index contributed by atoms with van der Waals surface area (Å²) in [5.41, 5.74) is 0. The maximum absolute atomic E-state index is 12.0. The maximum atomic E-state index is 12.0. The molecule has 10 heteroatoms. The number of carbonyl (C=O) groups is 3. The number of carbonyl (C=O) groups excluding carboxylic acids is 3. The number of methoxy groups -OCH3 is 3. The van der Waals surface area contributed by atoms with Gasteiger partial charge in [0.15, 0.2) is 5.92 Å². The normalized spacial score (nSPS) is 11.0. The van der Waals surface area contributed by atoms with Crippen molar-refractivity contribution in [2.75, 3.05) is 42.7 Å². The maximum Gasteiger partial charge on any atom is 0.342 e. The third-order valence-corrected chi connectivity index (χ3v) is 5.03. The van der Waals surface area contributed by atoms with Crippen LogP contribution >= 0.6 is 7.57 Å². The van der Waals surface area contributed by atoms with E-state index in [4.69, 9.17) is 13.6 Å². The van der Waals surface area contributed by atoms with Gasteiger partial charge in [-0.1, -0.05) is 0 Å². The van der Waals surface area contributed by atoms with E-state index in [1.807, 2.05) is 0 Å². The number of esters is 3. The molecule has 0 fully saturated rings.